The average Bonchev–Trinajstić information content (AvgIpc) is 2.53. The molecule has 0 saturated carbocycles. The van der Waals surface area contributed by atoms with Gasteiger partial charge in [0.2, 0.25) is 5.91 Å². The van der Waals surface area contributed by atoms with E-state index in [0.717, 1.165) is 17.0 Å². The predicted octanol–water partition coefficient (Wildman–Crippen LogP) is 2.68. The zero-order chi connectivity index (χ0) is 17.7. The molecule has 0 spiro atoms. The molecule has 1 N–H and O–H groups in total. The van der Waals surface area contributed by atoms with Gasteiger partial charge in [0.1, 0.15) is 17.4 Å². The predicted molar refractivity (Wildman–Crippen MR) is 84.9 cm³/mol. The van der Waals surface area contributed by atoms with Crippen LogP contribution in [-0.4, -0.2) is 37.4 Å². The Hall–Kier alpha value is -2.96. The number of halogens is 2. The van der Waals surface area contributed by atoms with Crippen molar-refractivity contribution in [2.24, 2.45) is 0 Å². The summed E-state index contributed by atoms with van der Waals surface area (Å²) >= 11 is 0. The van der Waals surface area contributed by atoms with Gasteiger partial charge in [0.15, 0.2) is 0 Å². The van der Waals surface area contributed by atoms with E-state index in [2.05, 4.69) is 5.32 Å². The van der Waals surface area contributed by atoms with E-state index in [1.807, 2.05) is 0 Å². The van der Waals surface area contributed by atoms with Crippen molar-refractivity contribution in [3.8, 4) is 5.75 Å². The number of likely N-dealkylation sites (N-methyl/N-ethyl adjacent to an activating group) is 1. The number of ether oxygens (including phenoxy) is 1. The minimum absolute atomic E-state index is 0.160. The van der Waals surface area contributed by atoms with Crippen LogP contribution in [0.3, 0.4) is 0 Å². The molecular weight excluding hydrogens is 318 g/mol. The molecule has 2 amide bonds. The topological polar surface area (TPSA) is 58.6 Å². The second-order valence-electron chi connectivity index (χ2n) is 5.10. The van der Waals surface area contributed by atoms with Gasteiger partial charge in [-0.15, -0.1) is 0 Å². The van der Waals surface area contributed by atoms with E-state index >= 15 is 0 Å². The maximum absolute atomic E-state index is 13.2. The number of rotatable bonds is 5. The molecule has 0 aliphatic heterocycles. The molecular formula is C17H16F2N2O3. The molecule has 126 valence electrons. The largest absolute Gasteiger partial charge is 0.497 e. The third-order valence-corrected chi connectivity index (χ3v) is 3.21. The van der Waals surface area contributed by atoms with Crippen LogP contribution in [0.25, 0.3) is 0 Å². The number of carbonyl (C=O) groups is 2. The first-order valence-electron chi connectivity index (χ1n) is 7.04. The first-order valence-corrected chi connectivity index (χ1v) is 7.04. The monoisotopic (exact) mass is 334 g/mol. The number of carbonyl (C=O) groups excluding carboxylic acids is 2. The average molecular weight is 334 g/mol. The normalized spacial score (nSPS) is 10.2. The summed E-state index contributed by atoms with van der Waals surface area (Å²) < 4.78 is 31.3. The standard InChI is InChI=1S/C17H16F2N2O3/c1-21(17(23)11-7-12(18)9-13(19)8-11)10-16(22)20-14-3-5-15(24-2)6-4-14/h3-9H,10H2,1-2H3,(H,20,22). The minimum atomic E-state index is -0.852. The molecule has 0 heterocycles. The van der Waals surface area contributed by atoms with E-state index in [1.54, 1.807) is 24.3 Å². The van der Waals surface area contributed by atoms with Gasteiger partial charge in [0.25, 0.3) is 5.91 Å². The molecule has 0 radical (unpaired) electrons. The van der Waals surface area contributed by atoms with E-state index < -0.39 is 23.4 Å². The van der Waals surface area contributed by atoms with Gasteiger partial charge in [0, 0.05) is 24.4 Å². The van der Waals surface area contributed by atoms with Crippen LogP contribution < -0.4 is 10.1 Å². The minimum Gasteiger partial charge on any atom is -0.497 e. The number of anilines is 1. The fourth-order valence-corrected chi connectivity index (χ4v) is 2.06. The van der Waals surface area contributed by atoms with Crippen LogP contribution >= 0.6 is 0 Å². The lowest BCUT2D eigenvalue weighted by atomic mass is 10.2. The van der Waals surface area contributed by atoms with Crippen molar-refractivity contribution < 1.29 is 23.1 Å². The highest BCUT2D eigenvalue weighted by molar-refractivity contribution is 5.99. The number of hydrogen-bond donors (Lipinski definition) is 1. The summed E-state index contributed by atoms with van der Waals surface area (Å²) in [5, 5.41) is 2.62. The first kappa shape index (κ1) is 17.4. The lowest BCUT2D eigenvalue weighted by molar-refractivity contribution is -0.116. The number of nitrogens with one attached hydrogen (secondary N) is 1. The lowest BCUT2D eigenvalue weighted by Gasteiger charge is -2.17. The van der Waals surface area contributed by atoms with Crippen molar-refractivity contribution in [1.29, 1.82) is 0 Å². The van der Waals surface area contributed by atoms with Gasteiger partial charge < -0.3 is 15.0 Å². The van der Waals surface area contributed by atoms with Crippen LogP contribution in [0.4, 0.5) is 14.5 Å². The van der Waals surface area contributed by atoms with Crippen molar-refractivity contribution in [2.75, 3.05) is 26.0 Å². The van der Waals surface area contributed by atoms with E-state index in [-0.39, 0.29) is 12.1 Å². The number of methoxy groups -OCH3 is 1. The van der Waals surface area contributed by atoms with Gasteiger partial charge in [-0.3, -0.25) is 9.59 Å². The van der Waals surface area contributed by atoms with Crippen molar-refractivity contribution >= 4 is 17.5 Å². The smallest absolute Gasteiger partial charge is 0.254 e. The maximum Gasteiger partial charge on any atom is 0.254 e. The lowest BCUT2D eigenvalue weighted by Crippen LogP contribution is -2.35. The van der Waals surface area contributed by atoms with Crippen LogP contribution in [0, 0.1) is 11.6 Å². The molecule has 0 aliphatic rings. The molecule has 0 aromatic heterocycles. The van der Waals surface area contributed by atoms with E-state index in [9.17, 15) is 18.4 Å². The number of nitrogens with zero attached hydrogens (tertiary/aromatic N) is 1. The number of amides is 2. The summed E-state index contributed by atoms with van der Waals surface area (Å²) in [6.07, 6.45) is 0. The summed E-state index contributed by atoms with van der Waals surface area (Å²) in [5.74, 6) is -2.15. The number of benzene rings is 2. The highest BCUT2D eigenvalue weighted by atomic mass is 19.1. The molecule has 5 nitrogen and oxygen atoms in total. The van der Waals surface area contributed by atoms with E-state index in [4.69, 9.17) is 4.74 Å². The Morgan fingerprint density at radius 2 is 1.67 bits per heavy atom. The molecule has 0 saturated heterocycles. The summed E-state index contributed by atoms with van der Waals surface area (Å²) in [7, 11) is 2.90. The quantitative estimate of drug-likeness (QED) is 0.915. The molecule has 2 aromatic carbocycles. The Morgan fingerprint density at radius 1 is 1.08 bits per heavy atom. The van der Waals surface area contributed by atoms with Gasteiger partial charge in [0.05, 0.1) is 13.7 Å². The summed E-state index contributed by atoms with van der Waals surface area (Å²) in [6, 6.07) is 9.18. The molecule has 2 aromatic rings. The van der Waals surface area contributed by atoms with Gasteiger partial charge in [-0.1, -0.05) is 0 Å². The Kier molecular flexibility index (Phi) is 5.47. The molecule has 0 atom stereocenters. The first-order chi connectivity index (χ1) is 11.4. The second kappa shape index (κ2) is 7.54. The van der Waals surface area contributed by atoms with Crippen LogP contribution in [-0.2, 0) is 4.79 Å². The Balaban J connectivity index is 1.98. The molecule has 2 rings (SSSR count). The fraction of sp³-hybridized carbons (Fsp3) is 0.176. The summed E-state index contributed by atoms with van der Waals surface area (Å²) in [6.45, 7) is -0.261. The molecule has 0 fully saturated rings. The van der Waals surface area contributed by atoms with Crippen LogP contribution in [0.15, 0.2) is 42.5 Å². The van der Waals surface area contributed by atoms with Crippen LogP contribution in [0.1, 0.15) is 10.4 Å². The van der Waals surface area contributed by atoms with Crippen molar-refractivity contribution in [1.82, 2.24) is 4.90 Å². The van der Waals surface area contributed by atoms with Gasteiger partial charge in [-0.05, 0) is 36.4 Å². The van der Waals surface area contributed by atoms with E-state index in [1.165, 1.54) is 14.2 Å². The van der Waals surface area contributed by atoms with Gasteiger partial charge in [-0.25, -0.2) is 8.78 Å². The highest BCUT2D eigenvalue weighted by Crippen LogP contribution is 2.15. The Labute approximate surface area is 137 Å². The molecule has 24 heavy (non-hydrogen) atoms. The summed E-state index contributed by atoms with van der Waals surface area (Å²) in [4.78, 5) is 25.2. The summed E-state index contributed by atoms with van der Waals surface area (Å²) in [5.41, 5.74) is 0.380. The zero-order valence-electron chi connectivity index (χ0n) is 13.2. The molecule has 7 heteroatoms. The Bertz CT molecular complexity index is 728. The highest BCUT2D eigenvalue weighted by Gasteiger charge is 2.16. The molecule has 0 bridgehead atoms. The number of hydrogen-bond acceptors (Lipinski definition) is 3. The third kappa shape index (κ3) is 4.52. The maximum atomic E-state index is 13.2. The van der Waals surface area contributed by atoms with Crippen molar-refractivity contribution in [2.45, 2.75) is 0 Å². The van der Waals surface area contributed by atoms with Crippen LogP contribution in [0.5, 0.6) is 5.75 Å². The van der Waals surface area contributed by atoms with Crippen LogP contribution in [0.2, 0.25) is 0 Å². The van der Waals surface area contributed by atoms with Gasteiger partial charge in [-0.2, -0.15) is 0 Å². The third-order valence-electron chi connectivity index (χ3n) is 3.21. The van der Waals surface area contributed by atoms with E-state index in [0.29, 0.717) is 17.5 Å². The molecule has 0 unspecified atom stereocenters. The zero-order valence-corrected chi connectivity index (χ0v) is 13.2. The van der Waals surface area contributed by atoms with Gasteiger partial charge >= 0.3 is 0 Å². The molecule has 0 aliphatic carbocycles. The fourth-order valence-electron chi connectivity index (χ4n) is 2.06. The second-order valence-corrected chi connectivity index (χ2v) is 5.10. The van der Waals surface area contributed by atoms with Crippen molar-refractivity contribution in [3.05, 3.63) is 59.7 Å². The SMILES string of the molecule is COc1ccc(NC(=O)CN(C)C(=O)c2cc(F)cc(F)c2)cc1. The Morgan fingerprint density at radius 3 is 2.21 bits per heavy atom. The van der Waals surface area contributed by atoms with Crippen molar-refractivity contribution in [3.63, 3.8) is 0 Å².